The Labute approximate surface area is 94.8 Å². The quantitative estimate of drug-likeness (QED) is 0.811. The van der Waals surface area contributed by atoms with Crippen LogP contribution in [0.3, 0.4) is 0 Å². The molecule has 0 bridgehead atoms. The fourth-order valence-corrected chi connectivity index (χ4v) is 1.23. The van der Waals surface area contributed by atoms with Gasteiger partial charge in [0, 0.05) is 5.56 Å². The third-order valence-electron chi connectivity index (χ3n) is 2.08. The van der Waals surface area contributed by atoms with E-state index in [1.54, 1.807) is 0 Å². The number of benzene rings is 1. The van der Waals surface area contributed by atoms with Gasteiger partial charge in [0.15, 0.2) is 0 Å². The monoisotopic (exact) mass is 253 g/mol. The summed E-state index contributed by atoms with van der Waals surface area (Å²) in [7, 11) is 0. The van der Waals surface area contributed by atoms with Gasteiger partial charge in [0.1, 0.15) is 11.6 Å². The second-order valence-corrected chi connectivity index (χ2v) is 3.50. The minimum atomic E-state index is -4.86. The molecular formula is C10H11F4NO2. The number of rotatable bonds is 3. The first kappa shape index (κ1) is 13.7. The van der Waals surface area contributed by atoms with Gasteiger partial charge in [-0.05, 0) is 25.1 Å². The molecule has 0 spiro atoms. The van der Waals surface area contributed by atoms with Gasteiger partial charge < -0.3 is 15.6 Å². The average molecular weight is 253 g/mol. The Morgan fingerprint density at radius 2 is 1.94 bits per heavy atom. The Kier molecular flexibility index (Phi) is 3.94. The Balaban J connectivity index is 3.02. The maximum atomic E-state index is 13.3. The molecule has 3 N–H and O–H groups in total. The van der Waals surface area contributed by atoms with Crippen molar-refractivity contribution in [3.8, 4) is 5.75 Å². The lowest BCUT2D eigenvalue weighted by Crippen LogP contribution is -2.24. The minimum absolute atomic E-state index is 0.234. The lowest BCUT2D eigenvalue weighted by Gasteiger charge is -2.17. The summed E-state index contributed by atoms with van der Waals surface area (Å²) in [6.45, 7) is 1.31. The Morgan fingerprint density at radius 1 is 1.35 bits per heavy atom. The van der Waals surface area contributed by atoms with Crippen molar-refractivity contribution < 1.29 is 27.4 Å². The standard InChI is InChI=1S/C10H11F4NO2/c1-5(16)9(15)7-4-6(2-3-8(7)11)17-10(12,13)14/h2-5,9,16H,15H2,1H3/t5-,9-/m1/s1. The van der Waals surface area contributed by atoms with Crippen molar-refractivity contribution in [2.24, 2.45) is 5.73 Å². The lowest BCUT2D eigenvalue weighted by atomic mass is 10.0. The Bertz CT molecular complexity index is 392. The van der Waals surface area contributed by atoms with Crippen molar-refractivity contribution in [1.29, 1.82) is 0 Å². The number of ether oxygens (including phenoxy) is 1. The van der Waals surface area contributed by atoms with E-state index in [2.05, 4.69) is 4.74 Å². The van der Waals surface area contributed by atoms with Crippen molar-refractivity contribution in [2.45, 2.75) is 25.4 Å². The minimum Gasteiger partial charge on any atom is -0.406 e. The number of aliphatic hydroxyl groups is 1. The second-order valence-electron chi connectivity index (χ2n) is 3.50. The molecule has 0 amide bonds. The van der Waals surface area contributed by atoms with Crippen LogP contribution < -0.4 is 10.5 Å². The molecule has 3 nitrogen and oxygen atoms in total. The van der Waals surface area contributed by atoms with Gasteiger partial charge in [-0.3, -0.25) is 0 Å². The first-order valence-corrected chi connectivity index (χ1v) is 4.69. The van der Waals surface area contributed by atoms with E-state index in [0.717, 1.165) is 18.2 Å². The van der Waals surface area contributed by atoms with Crippen molar-refractivity contribution in [2.75, 3.05) is 0 Å². The Hall–Kier alpha value is -1.34. The van der Waals surface area contributed by atoms with Crippen LogP contribution in [-0.2, 0) is 0 Å². The van der Waals surface area contributed by atoms with Gasteiger partial charge in [-0.15, -0.1) is 13.2 Å². The first-order chi connectivity index (χ1) is 7.70. The zero-order valence-electron chi connectivity index (χ0n) is 8.83. The molecule has 96 valence electrons. The molecule has 0 fully saturated rings. The van der Waals surface area contributed by atoms with Crippen molar-refractivity contribution >= 4 is 0 Å². The highest BCUT2D eigenvalue weighted by atomic mass is 19.4. The molecule has 17 heavy (non-hydrogen) atoms. The predicted molar refractivity (Wildman–Crippen MR) is 51.7 cm³/mol. The highest BCUT2D eigenvalue weighted by Crippen LogP contribution is 2.27. The van der Waals surface area contributed by atoms with Crippen LogP contribution >= 0.6 is 0 Å². The number of alkyl halides is 3. The molecule has 2 atom stereocenters. The van der Waals surface area contributed by atoms with Crippen LogP contribution in [0.25, 0.3) is 0 Å². The van der Waals surface area contributed by atoms with E-state index >= 15 is 0 Å². The lowest BCUT2D eigenvalue weighted by molar-refractivity contribution is -0.274. The fraction of sp³-hybridized carbons (Fsp3) is 0.400. The largest absolute Gasteiger partial charge is 0.573 e. The highest BCUT2D eigenvalue weighted by Gasteiger charge is 2.31. The summed E-state index contributed by atoms with van der Waals surface area (Å²) >= 11 is 0. The number of halogens is 4. The van der Waals surface area contributed by atoms with Crippen molar-refractivity contribution in [1.82, 2.24) is 0 Å². The van der Waals surface area contributed by atoms with Crippen LogP contribution in [0.4, 0.5) is 17.6 Å². The van der Waals surface area contributed by atoms with Crippen LogP contribution in [0.2, 0.25) is 0 Å². The molecule has 0 saturated heterocycles. The van der Waals surface area contributed by atoms with Crippen molar-refractivity contribution in [3.05, 3.63) is 29.6 Å². The molecule has 1 aromatic carbocycles. The summed E-state index contributed by atoms with van der Waals surface area (Å²) in [5, 5.41) is 9.17. The van der Waals surface area contributed by atoms with Crippen LogP contribution in [-0.4, -0.2) is 17.6 Å². The summed E-state index contributed by atoms with van der Waals surface area (Å²) in [5.74, 6) is -1.38. The number of hydrogen-bond donors (Lipinski definition) is 2. The molecule has 0 heterocycles. The first-order valence-electron chi connectivity index (χ1n) is 4.69. The van der Waals surface area contributed by atoms with Crippen LogP contribution in [0.5, 0.6) is 5.75 Å². The van der Waals surface area contributed by atoms with E-state index < -0.39 is 30.1 Å². The number of hydrogen-bond acceptors (Lipinski definition) is 3. The SMILES string of the molecule is C[C@@H](O)[C@@H](N)c1cc(OC(F)(F)F)ccc1F. The van der Waals surface area contributed by atoms with Gasteiger partial charge in [-0.1, -0.05) is 0 Å². The van der Waals surface area contributed by atoms with E-state index in [1.165, 1.54) is 6.92 Å². The molecular weight excluding hydrogens is 242 g/mol. The van der Waals surface area contributed by atoms with Gasteiger partial charge >= 0.3 is 6.36 Å². The zero-order chi connectivity index (χ0) is 13.2. The van der Waals surface area contributed by atoms with E-state index in [-0.39, 0.29) is 5.56 Å². The summed E-state index contributed by atoms with van der Waals surface area (Å²) in [6.07, 6.45) is -5.95. The average Bonchev–Trinajstić information content (AvgIpc) is 2.17. The van der Waals surface area contributed by atoms with Crippen LogP contribution in [0.1, 0.15) is 18.5 Å². The van der Waals surface area contributed by atoms with Gasteiger partial charge in [0.05, 0.1) is 12.1 Å². The predicted octanol–water partition coefficient (Wildman–Crippen LogP) is 2.10. The van der Waals surface area contributed by atoms with Crippen molar-refractivity contribution in [3.63, 3.8) is 0 Å². The maximum absolute atomic E-state index is 13.3. The summed E-state index contributed by atoms with van der Waals surface area (Å²) < 4.78 is 52.7. The van der Waals surface area contributed by atoms with Gasteiger partial charge in [0.25, 0.3) is 0 Å². The molecule has 1 rings (SSSR count). The van der Waals surface area contributed by atoms with Gasteiger partial charge in [-0.25, -0.2) is 4.39 Å². The van der Waals surface area contributed by atoms with E-state index in [1.807, 2.05) is 0 Å². The molecule has 0 unspecified atom stereocenters. The molecule has 1 aromatic rings. The summed E-state index contributed by atoms with van der Waals surface area (Å²) in [4.78, 5) is 0. The zero-order valence-corrected chi connectivity index (χ0v) is 8.83. The highest BCUT2D eigenvalue weighted by molar-refractivity contribution is 5.32. The molecule has 0 saturated carbocycles. The number of nitrogens with two attached hydrogens (primary N) is 1. The van der Waals surface area contributed by atoms with E-state index in [0.29, 0.717) is 0 Å². The maximum Gasteiger partial charge on any atom is 0.573 e. The molecule has 0 aliphatic heterocycles. The third kappa shape index (κ3) is 3.86. The Morgan fingerprint density at radius 3 is 2.41 bits per heavy atom. The molecule has 0 aromatic heterocycles. The molecule has 0 aliphatic rings. The third-order valence-corrected chi connectivity index (χ3v) is 2.08. The van der Waals surface area contributed by atoms with Crippen LogP contribution in [0, 0.1) is 5.82 Å². The molecule has 0 aliphatic carbocycles. The van der Waals surface area contributed by atoms with E-state index in [9.17, 15) is 17.6 Å². The summed E-state index contributed by atoms with van der Waals surface area (Å²) in [6, 6.07) is 1.34. The van der Waals surface area contributed by atoms with Gasteiger partial charge in [-0.2, -0.15) is 0 Å². The van der Waals surface area contributed by atoms with Crippen LogP contribution in [0.15, 0.2) is 18.2 Å². The van der Waals surface area contributed by atoms with Gasteiger partial charge in [0.2, 0.25) is 0 Å². The van der Waals surface area contributed by atoms with E-state index in [4.69, 9.17) is 10.8 Å². The fourth-order valence-electron chi connectivity index (χ4n) is 1.23. The summed E-state index contributed by atoms with van der Waals surface area (Å²) in [5.41, 5.74) is 5.21. The molecule has 0 radical (unpaired) electrons. The number of aliphatic hydroxyl groups excluding tert-OH is 1. The molecule has 7 heteroatoms. The topological polar surface area (TPSA) is 55.5 Å². The second kappa shape index (κ2) is 4.89. The smallest absolute Gasteiger partial charge is 0.406 e. The normalized spacial score (nSPS) is 15.5.